The van der Waals surface area contributed by atoms with Crippen LogP contribution in [0.25, 0.3) is 0 Å². The largest absolute Gasteiger partial charge is 0.480 e. The lowest BCUT2D eigenvalue weighted by Crippen LogP contribution is -2.51. The molecule has 0 aromatic rings. The lowest BCUT2D eigenvalue weighted by Gasteiger charge is -2.28. The van der Waals surface area contributed by atoms with E-state index >= 15 is 0 Å². The molecule has 0 aliphatic heterocycles. The summed E-state index contributed by atoms with van der Waals surface area (Å²) in [6.07, 6.45) is 0.410. The number of hydrogen-bond acceptors (Lipinski definition) is 3. The predicted molar refractivity (Wildman–Crippen MR) is 50.8 cm³/mol. The van der Waals surface area contributed by atoms with E-state index in [2.05, 4.69) is 5.32 Å². The van der Waals surface area contributed by atoms with Crippen LogP contribution in [0.3, 0.4) is 0 Å². The molecule has 0 heterocycles. The van der Waals surface area contributed by atoms with Crippen molar-refractivity contribution >= 4 is 5.97 Å². The van der Waals surface area contributed by atoms with Crippen molar-refractivity contribution in [1.82, 2.24) is 5.32 Å². The van der Waals surface area contributed by atoms with Gasteiger partial charge in [-0.25, -0.2) is 0 Å². The molecule has 0 aromatic heterocycles. The molecule has 0 bridgehead atoms. The molecule has 0 aliphatic rings. The average Bonchev–Trinajstić information content (AvgIpc) is 2.04. The summed E-state index contributed by atoms with van der Waals surface area (Å²) in [5.74, 6) is -0.835. The first-order valence-electron chi connectivity index (χ1n) is 4.47. The number of nitrogens with one attached hydrogen (secondary N) is 1. The summed E-state index contributed by atoms with van der Waals surface area (Å²) < 4.78 is 5.04. The molecule has 13 heavy (non-hydrogen) atoms. The molecule has 0 saturated carbocycles. The second-order valence-electron chi connectivity index (χ2n) is 3.42. The lowest BCUT2D eigenvalue weighted by molar-refractivity contribution is -0.145. The molecule has 0 fully saturated rings. The van der Waals surface area contributed by atoms with Crippen LogP contribution in [0.5, 0.6) is 0 Å². The van der Waals surface area contributed by atoms with E-state index in [-0.39, 0.29) is 6.10 Å². The second-order valence-corrected chi connectivity index (χ2v) is 3.42. The number of likely N-dealkylation sites (N-methyl/N-ethyl adjacent to an activating group) is 1. The van der Waals surface area contributed by atoms with E-state index in [0.717, 1.165) is 0 Å². The number of rotatable bonds is 6. The van der Waals surface area contributed by atoms with E-state index in [1.807, 2.05) is 13.8 Å². The zero-order valence-electron chi connectivity index (χ0n) is 8.76. The van der Waals surface area contributed by atoms with Crippen LogP contribution in [-0.2, 0) is 9.53 Å². The molecule has 0 aromatic carbocycles. The van der Waals surface area contributed by atoms with Crippen LogP contribution in [0, 0.1) is 0 Å². The number of aliphatic carboxylic acids is 1. The Morgan fingerprint density at radius 3 is 2.54 bits per heavy atom. The molecule has 0 rings (SSSR count). The highest BCUT2D eigenvalue weighted by Crippen LogP contribution is 2.14. The van der Waals surface area contributed by atoms with E-state index in [1.165, 1.54) is 0 Å². The standard InChI is InChI=1S/C9H19NO3/c1-5-10-9(3,8(11)12)6-7(2)13-4/h7,10H,5-6H2,1-4H3,(H,11,12). The lowest BCUT2D eigenvalue weighted by atomic mass is 9.95. The van der Waals surface area contributed by atoms with Gasteiger partial charge in [0.15, 0.2) is 0 Å². The number of carboxylic acids is 1. The minimum absolute atomic E-state index is 0.0554. The van der Waals surface area contributed by atoms with E-state index in [0.29, 0.717) is 13.0 Å². The van der Waals surface area contributed by atoms with Crippen molar-refractivity contribution in [3.05, 3.63) is 0 Å². The monoisotopic (exact) mass is 189 g/mol. The Bertz CT molecular complexity index is 172. The topological polar surface area (TPSA) is 58.6 Å². The van der Waals surface area contributed by atoms with Crippen molar-refractivity contribution < 1.29 is 14.6 Å². The van der Waals surface area contributed by atoms with Gasteiger partial charge in [0.05, 0.1) is 6.10 Å². The molecule has 0 spiro atoms. The Hall–Kier alpha value is -0.610. The smallest absolute Gasteiger partial charge is 0.323 e. The first kappa shape index (κ1) is 12.4. The Labute approximate surface area is 79.3 Å². The summed E-state index contributed by atoms with van der Waals surface area (Å²) in [5.41, 5.74) is -0.885. The normalized spacial score (nSPS) is 17.8. The molecule has 0 aliphatic carbocycles. The summed E-state index contributed by atoms with van der Waals surface area (Å²) in [7, 11) is 1.58. The van der Waals surface area contributed by atoms with Crippen molar-refractivity contribution in [1.29, 1.82) is 0 Å². The van der Waals surface area contributed by atoms with Crippen molar-refractivity contribution in [3.8, 4) is 0 Å². The minimum Gasteiger partial charge on any atom is -0.480 e. The third-order valence-electron chi connectivity index (χ3n) is 2.14. The van der Waals surface area contributed by atoms with Gasteiger partial charge in [0.25, 0.3) is 0 Å². The molecular formula is C9H19NO3. The first-order valence-corrected chi connectivity index (χ1v) is 4.47. The Morgan fingerprint density at radius 2 is 2.23 bits per heavy atom. The van der Waals surface area contributed by atoms with Gasteiger partial charge in [0.2, 0.25) is 0 Å². The van der Waals surface area contributed by atoms with Gasteiger partial charge in [-0.1, -0.05) is 6.92 Å². The van der Waals surface area contributed by atoms with Gasteiger partial charge in [-0.2, -0.15) is 0 Å². The Balaban J connectivity index is 4.32. The maximum absolute atomic E-state index is 10.9. The van der Waals surface area contributed by atoms with Gasteiger partial charge in [0.1, 0.15) is 5.54 Å². The van der Waals surface area contributed by atoms with Crippen molar-refractivity contribution in [3.63, 3.8) is 0 Å². The fourth-order valence-electron chi connectivity index (χ4n) is 1.28. The molecule has 4 nitrogen and oxygen atoms in total. The van der Waals surface area contributed by atoms with Gasteiger partial charge >= 0.3 is 5.97 Å². The third kappa shape index (κ3) is 3.74. The molecule has 0 amide bonds. The molecule has 2 atom stereocenters. The van der Waals surface area contributed by atoms with Crippen LogP contribution in [0.15, 0.2) is 0 Å². The maximum atomic E-state index is 10.9. The summed E-state index contributed by atoms with van der Waals surface area (Å²) in [6, 6.07) is 0. The number of methoxy groups -OCH3 is 1. The van der Waals surface area contributed by atoms with Crippen LogP contribution in [0.4, 0.5) is 0 Å². The van der Waals surface area contributed by atoms with E-state index in [4.69, 9.17) is 9.84 Å². The summed E-state index contributed by atoms with van der Waals surface area (Å²) in [5, 5.41) is 11.9. The Kier molecular flexibility index (Phi) is 4.95. The quantitative estimate of drug-likeness (QED) is 0.650. The van der Waals surface area contributed by atoms with Crippen LogP contribution in [0.2, 0.25) is 0 Å². The minimum atomic E-state index is -0.885. The highest BCUT2D eigenvalue weighted by molar-refractivity contribution is 5.78. The zero-order chi connectivity index (χ0) is 10.5. The Morgan fingerprint density at radius 1 is 1.69 bits per heavy atom. The van der Waals surface area contributed by atoms with Crippen LogP contribution >= 0.6 is 0 Å². The second kappa shape index (κ2) is 5.19. The van der Waals surface area contributed by atoms with Gasteiger partial charge < -0.3 is 15.2 Å². The molecule has 0 saturated heterocycles. The summed E-state index contributed by atoms with van der Waals surface area (Å²) in [4.78, 5) is 10.9. The van der Waals surface area contributed by atoms with E-state index in [9.17, 15) is 4.79 Å². The van der Waals surface area contributed by atoms with E-state index < -0.39 is 11.5 Å². The number of carbonyl (C=O) groups is 1. The first-order chi connectivity index (χ1) is 5.96. The molecule has 4 heteroatoms. The molecule has 2 unspecified atom stereocenters. The van der Waals surface area contributed by atoms with Crippen LogP contribution in [0.1, 0.15) is 27.2 Å². The molecule has 78 valence electrons. The summed E-state index contributed by atoms with van der Waals surface area (Å²) in [6.45, 7) is 6.06. The van der Waals surface area contributed by atoms with Gasteiger partial charge in [-0.05, 0) is 20.4 Å². The number of carboxylic acid groups (broad SMARTS) is 1. The SMILES string of the molecule is CCNC(C)(CC(C)OC)C(=O)O. The van der Waals surface area contributed by atoms with Crippen LogP contribution in [-0.4, -0.2) is 36.4 Å². The van der Waals surface area contributed by atoms with Gasteiger partial charge in [-0.3, -0.25) is 4.79 Å². The van der Waals surface area contributed by atoms with E-state index in [1.54, 1.807) is 14.0 Å². The molecule has 2 N–H and O–H groups in total. The fourth-order valence-corrected chi connectivity index (χ4v) is 1.28. The third-order valence-corrected chi connectivity index (χ3v) is 2.14. The predicted octanol–water partition coefficient (Wildman–Crippen LogP) is 0.864. The zero-order valence-corrected chi connectivity index (χ0v) is 8.76. The maximum Gasteiger partial charge on any atom is 0.323 e. The molecule has 0 radical (unpaired) electrons. The number of ether oxygens (including phenoxy) is 1. The fraction of sp³-hybridized carbons (Fsp3) is 0.889. The van der Waals surface area contributed by atoms with Crippen molar-refractivity contribution in [2.24, 2.45) is 0 Å². The average molecular weight is 189 g/mol. The van der Waals surface area contributed by atoms with Gasteiger partial charge in [0, 0.05) is 13.5 Å². The van der Waals surface area contributed by atoms with Crippen molar-refractivity contribution in [2.75, 3.05) is 13.7 Å². The summed E-state index contributed by atoms with van der Waals surface area (Å²) >= 11 is 0. The molecular weight excluding hydrogens is 170 g/mol. The van der Waals surface area contributed by atoms with Crippen LogP contribution < -0.4 is 5.32 Å². The number of hydrogen-bond donors (Lipinski definition) is 2. The van der Waals surface area contributed by atoms with Crippen molar-refractivity contribution in [2.45, 2.75) is 38.8 Å². The van der Waals surface area contributed by atoms with Gasteiger partial charge in [-0.15, -0.1) is 0 Å². The highest BCUT2D eigenvalue weighted by atomic mass is 16.5. The highest BCUT2D eigenvalue weighted by Gasteiger charge is 2.33.